The Balaban J connectivity index is 1.79. The second-order valence-corrected chi connectivity index (χ2v) is 5.21. The second kappa shape index (κ2) is 11.0. The van der Waals surface area contributed by atoms with Crippen molar-refractivity contribution in [2.24, 2.45) is 0 Å². The number of aryl methyl sites for hydroxylation is 1. The van der Waals surface area contributed by atoms with E-state index in [-0.39, 0.29) is 0 Å². The Kier molecular flexibility index (Phi) is 9.33. The second-order valence-electron chi connectivity index (χ2n) is 5.21. The summed E-state index contributed by atoms with van der Waals surface area (Å²) >= 11 is 0. The average molecular weight is 267 g/mol. The van der Waals surface area contributed by atoms with Gasteiger partial charge in [-0.3, -0.25) is 0 Å². The van der Waals surface area contributed by atoms with Gasteiger partial charge < -0.3 is 9.84 Å². The summed E-state index contributed by atoms with van der Waals surface area (Å²) in [5, 5.41) is 7.20. The van der Waals surface area contributed by atoms with Crippen LogP contribution in [-0.2, 0) is 6.42 Å². The van der Waals surface area contributed by atoms with E-state index in [1.165, 1.54) is 51.4 Å². The van der Waals surface area contributed by atoms with E-state index in [4.69, 9.17) is 4.52 Å². The lowest BCUT2D eigenvalue weighted by Crippen LogP contribution is -2.18. The molecule has 0 saturated heterocycles. The van der Waals surface area contributed by atoms with Crippen LogP contribution < -0.4 is 5.32 Å². The molecule has 1 aromatic rings. The van der Waals surface area contributed by atoms with E-state index in [0.717, 1.165) is 31.2 Å². The Labute approximate surface area is 117 Å². The number of nitrogens with one attached hydrogen (secondary N) is 1. The van der Waals surface area contributed by atoms with Gasteiger partial charge in [-0.2, -0.15) is 4.98 Å². The smallest absolute Gasteiger partial charge is 0.227 e. The molecular weight excluding hydrogens is 238 g/mol. The van der Waals surface area contributed by atoms with Gasteiger partial charge in [-0.25, -0.2) is 0 Å². The van der Waals surface area contributed by atoms with Gasteiger partial charge >= 0.3 is 0 Å². The van der Waals surface area contributed by atoms with E-state index >= 15 is 0 Å². The molecule has 1 rings (SSSR count). The average Bonchev–Trinajstić information content (AvgIpc) is 2.82. The molecule has 0 radical (unpaired) electrons. The van der Waals surface area contributed by atoms with Crippen molar-refractivity contribution < 1.29 is 4.52 Å². The van der Waals surface area contributed by atoms with Crippen LogP contribution in [0.25, 0.3) is 0 Å². The third-order valence-corrected chi connectivity index (χ3v) is 3.29. The zero-order valence-corrected chi connectivity index (χ0v) is 12.6. The Morgan fingerprint density at radius 1 is 0.947 bits per heavy atom. The number of aromatic nitrogens is 2. The largest absolute Gasteiger partial charge is 0.339 e. The molecule has 19 heavy (non-hydrogen) atoms. The van der Waals surface area contributed by atoms with Gasteiger partial charge in [0.25, 0.3) is 0 Å². The van der Waals surface area contributed by atoms with E-state index in [1.54, 1.807) is 0 Å². The number of unbranched alkanes of at least 4 members (excludes halogenated alkanes) is 7. The van der Waals surface area contributed by atoms with E-state index in [9.17, 15) is 0 Å². The van der Waals surface area contributed by atoms with Crippen molar-refractivity contribution >= 4 is 0 Å². The standard InChI is InChI=1S/C15H29N3O/c1-3-4-5-6-7-8-9-10-12-16-13-11-15-17-14(2)18-19-15/h16H,3-13H2,1-2H3. The zero-order chi connectivity index (χ0) is 13.8. The first kappa shape index (κ1) is 16.2. The lowest BCUT2D eigenvalue weighted by Gasteiger charge is -2.03. The van der Waals surface area contributed by atoms with Crippen LogP contribution in [0.15, 0.2) is 4.52 Å². The first-order valence-corrected chi connectivity index (χ1v) is 7.83. The summed E-state index contributed by atoms with van der Waals surface area (Å²) in [6.45, 7) is 6.14. The molecule has 0 amide bonds. The van der Waals surface area contributed by atoms with Crippen LogP contribution in [0.2, 0.25) is 0 Å². The molecule has 0 aliphatic carbocycles. The topological polar surface area (TPSA) is 51.0 Å². The van der Waals surface area contributed by atoms with E-state index in [2.05, 4.69) is 22.4 Å². The summed E-state index contributed by atoms with van der Waals surface area (Å²) in [5.41, 5.74) is 0. The molecule has 0 aromatic carbocycles. The van der Waals surface area contributed by atoms with Crippen molar-refractivity contribution in [1.82, 2.24) is 15.5 Å². The predicted molar refractivity (Wildman–Crippen MR) is 78.2 cm³/mol. The highest BCUT2D eigenvalue weighted by molar-refractivity contribution is 4.83. The molecule has 1 heterocycles. The number of rotatable bonds is 12. The fraction of sp³-hybridized carbons (Fsp3) is 0.867. The van der Waals surface area contributed by atoms with E-state index in [0.29, 0.717) is 0 Å². The van der Waals surface area contributed by atoms with Crippen molar-refractivity contribution in [3.8, 4) is 0 Å². The third kappa shape index (κ3) is 8.76. The van der Waals surface area contributed by atoms with Crippen LogP contribution in [0.4, 0.5) is 0 Å². The van der Waals surface area contributed by atoms with Crippen LogP contribution in [0.1, 0.15) is 70.0 Å². The summed E-state index contributed by atoms with van der Waals surface area (Å²) in [6, 6.07) is 0. The molecule has 0 spiro atoms. The molecule has 0 fully saturated rings. The quantitative estimate of drug-likeness (QED) is 0.587. The molecule has 4 nitrogen and oxygen atoms in total. The summed E-state index contributed by atoms with van der Waals surface area (Å²) in [6.07, 6.45) is 11.8. The molecule has 1 aromatic heterocycles. The fourth-order valence-corrected chi connectivity index (χ4v) is 2.15. The lowest BCUT2D eigenvalue weighted by atomic mass is 10.1. The Hall–Kier alpha value is -0.900. The van der Waals surface area contributed by atoms with Gasteiger partial charge in [0.15, 0.2) is 5.82 Å². The minimum Gasteiger partial charge on any atom is -0.339 e. The summed E-state index contributed by atoms with van der Waals surface area (Å²) in [4.78, 5) is 4.18. The highest BCUT2D eigenvalue weighted by Crippen LogP contribution is 2.07. The summed E-state index contributed by atoms with van der Waals surface area (Å²) < 4.78 is 5.06. The molecule has 0 unspecified atom stereocenters. The number of nitrogens with zero attached hydrogens (tertiary/aromatic N) is 2. The molecule has 0 bridgehead atoms. The molecule has 110 valence electrons. The molecule has 0 aliphatic heterocycles. The lowest BCUT2D eigenvalue weighted by molar-refractivity contribution is 0.372. The Morgan fingerprint density at radius 2 is 1.63 bits per heavy atom. The van der Waals surface area contributed by atoms with Crippen LogP contribution in [-0.4, -0.2) is 23.2 Å². The fourth-order valence-electron chi connectivity index (χ4n) is 2.15. The monoisotopic (exact) mass is 267 g/mol. The molecule has 0 aliphatic rings. The first-order valence-electron chi connectivity index (χ1n) is 7.83. The number of hydrogen-bond acceptors (Lipinski definition) is 4. The normalized spacial score (nSPS) is 11.1. The maximum Gasteiger partial charge on any atom is 0.227 e. The highest BCUT2D eigenvalue weighted by atomic mass is 16.5. The van der Waals surface area contributed by atoms with E-state index < -0.39 is 0 Å². The maximum atomic E-state index is 5.06. The van der Waals surface area contributed by atoms with Crippen molar-refractivity contribution in [3.05, 3.63) is 11.7 Å². The maximum absolute atomic E-state index is 5.06. The van der Waals surface area contributed by atoms with Gasteiger partial charge in [0.05, 0.1) is 0 Å². The number of hydrogen-bond donors (Lipinski definition) is 1. The Morgan fingerprint density at radius 3 is 2.26 bits per heavy atom. The summed E-state index contributed by atoms with van der Waals surface area (Å²) in [5.74, 6) is 1.46. The molecule has 1 N–H and O–H groups in total. The third-order valence-electron chi connectivity index (χ3n) is 3.29. The van der Waals surface area contributed by atoms with Crippen LogP contribution in [0, 0.1) is 6.92 Å². The molecule has 0 atom stereocenters. The molecule has 0 saturated carbocycles. The Bertz CT molecular complexity index is 312. The van der Waals surface area contributed by atoms with Crippen molar-refractivity contribution in [1.29, 1.82) is 0 Å². The van der Waals surface area contributed by atoms with Crippen LogP contribution in [0.3, 0.4) is 0 Å². The van der Waals surface area contributed by atoms with Gasteiger partial charge in [0, 0.05) is 13.0 Å². The SMILES string of the molecule is CCCCCCCCCCNCCc1nc(C)no1. The first-order chi connectivity index (χ1) is 9.33. The van der Waals surface area contributed by atoms with Gasteiger partial charge in [0.2, 0.25) is 5.89 Å². The minimum atomic E-state index is 0.720. The highest BCUT2D eigenvalue weighted by Gasteiger charge is 2.00. The van der Waals surface area contributed by atoms with Gasteiger partial charge in [-0.1, -0.05) is 57.0 Å². The minimum absolute atomic E-state index is 0.720. The van der Waals surface area contributed by atoms with E-state index in [1.807, 2.05) is 6.92 Å². The van der Waals surface area contributed by atoms with Crippen LogP contribution >= 0.6 is 0 Å². The molecule has 4 heteroatoms. The zero-order valence-electron chi connectivity index (χ0n) is 12.6. The van der Waals surface area contributed by atoms with Crippen molar-refractivity contribution in [2.75, 3.05) is 13.1 Å². The van der Waals surface area contributed by atoms with Crippen LogP contribution in [0.5, 0.6) is 0 Å². The predicted octanol–water partition coefficient (Wildman–Crippen LogP) is 3.65. The van der Waals surface area contributed by atoms with Gasteiger partial charge in [-0.05, 0) is 19.9 Å². The van der Waals surface area contributed by atoms with Crippen molar-refractivity contribution in [3.63, 3.8) is 0 Å². The van der Waals surface area contributed by atoms with Gasteiger partial charge in [0.1, 0.15) is 0 Å². The molecular formula is C15H29N3O. The van der Waals surface area contributed by atoms with Gasteiger partial charge in [-0.15, -0.1) is 0 Å². The summed E-state index contributed by atoms with van der Waals surface area (Å²) in [7, 11) is 0. The van der Waals surface area contributed by atoms with Crippen molar-refractivity contribution in [2.45, 2.75) is 71.6 Å².